The van der Waals surface area contributed by atoms with Gasteiger partial charge in [0, 0.05) is 23.1 Å². The van der Waals surface area contributed by atoms with Crippen LogP contribution in [0.3, 0.4) is 0 Å². The standard InChI is InChI=1S/C19H22O7/c1-8(2)5-6-10-12-13(15(22)9(3)14(10)21)18(24)25-16(12)19(4)7-11(20)17(23)26-19/h5,11,16,20-22H,6-7H2,1-4H3/t11-,16+,19-/m1/s1. The minimum absolute atomic E-state index is 0.0267. The second-order valence-electron chi connectivity index (χ2n) is 7.31. The Labute approximate surface area is 150 Å². The molecule has 140 valence electrons. The Bertz CT molecular complexity index is 835. The van der Waals surface area contributed by atoms with Crippen LogP contribution in [0.1, 0.15) is 60.3 Å². The minimum atomic E-state index is -1.31. The fraction of sp³-hybridized carbons (Fsp3) is 0.474. The van der Waals surface area contributed by atoms with Crippen LogP contribution in [0.25, 0.3) is 0 Å². The zero-order chi connectivity index (χ0) is 19.4. The van der Waals surface area contributed by atoms with Crippen molar-refractivity contribution in [2.45, 2.75) is 58.3 Å². The van der Waals surface area contributed by atoms with Crippen LogP contribution in [0.2, 0.25) is 0 Å². The number of aromatic hydroxyl groups is 2. The van der Waals surface area contributed by atoms with Crippen LogP contribution in [0, 0.1) is 6.92 Å². The number of hydrogen-bond acceptors (Lipinski definition) is 7. The molecule has 26 heavy (non-hydrogen) atoms. The van der Waals surface area contributed by atoms with Gasteiger partial charge in [0.15, 0.2) is 17.8 Å². The van der Waals surface area contributed by atoms with Gasteiger partial charge in [-0.25, -0.2) is 9.59 Å². The summed E-state index contributed by atoms with van der Waals surface area (Å²) in [6.07, 6.45) is -0.192. The Morgan fingerprint density at radius 2 is 1.92 bits per heavy atom. The summed E-state index contributed by atoms with van der Waals surface area (Å²) in [7, 11) is 0. The number of fused-ring (bicyclic) bond motifs is 1. The lowest BCUT2D eigenvalue weighted by Crippen LogP contribution is -2.33. The molecule has 7 heteroatoms. The van der Waals surface area contributed by atoms with Crippen LogP contribution >= 0.6 is 0 Å². The Morgan fingerprint density at radius 3 is 2.46 bits per heavy atom. The molecule has 0 radical (unpaired) electrons. The summed E-state index contributed by atoms with van der Waals surface area (Å²) in [6, 6.07) is 0. The largest absolute Gasteiger partial charge is 0.507 e. The van der Waals surface area contributed by atoms with E-state index in [1.807, 2.05) is 19.9 Å². The first kappa shape index (κ1) is 18.3. The molecule has 0 unspecified atom stereocenters. The lowest BCUT2D eigenvalue weighted by molar-refractivity contribution is -0.159. The number of benzene rings is 1. The maximum absolute atomic E-state index is 12.4. The zero-order valence-corrected chi connectivity index (χ0v) is 15.1. The number of phenols is 2. The summed E-state index contributed by atoms with van der Waals surface area (Å²) in [5.74, 6) is -2.01. The molecule has 1 aromatic carbocycles. The minimum Gasteiger partial charge on any atom is -0.507 e. The lowest BCUT2D eigenvalue weighted by Gasteiger charge is -2.30. The van der Waals surface area contributed by atoms with E-state index in [-0.39, 0.29) is 29.0 Å². The van der Waals surface area contributed by atoms with Gasteiger partial charge in [-0.15, -0.1) is 0 Å². The van der Waals surface area contributed by atoms with E-state index in [1.165, 1.54) is 6.92 Å². The maximum atomic E-state index is 12.4. The molecule has 1 fully saturated rings. The summed E-state index contributed by atoms with van der Waals surface area (Å²) in [5, 5.41) is 30.7. The molecule has 1 saturated heterocycles. The summed E-state index contributed by atoms with van der Waals surface area (Å²) in [5.41, 5.74) is 0.627. The summed E-state index contributed by atoms with van der Waals surface area (Å²) in [4.78, 5) is 24.1. The highest BCUT2D eigenvalue weighted by molar-refractivity contribution is 5.99. The van der Waals surface area contributed by atoms with Crippen molar-refractivity contribution >= 4 is 11.9 Å². The molecular weight excluding hydrogens is 340 g/mol. The summed E-state index contributed by atoms with van der Waals surface area (Å²) < 4.78 is 10.7. The molecule has 0 saturated carbocycles. The Hall–Kier alpha value is -2.54. The van der Waals surface area contributed by atoms with Gasteiger partial charge in [-0.3, -0.25) is 0 Å². The van der Waals surface area contributed by atoms with Gasteiger partial charge in [-0.1, -0.05) is 11.6 Å². The molecule has 3 N–H and O–H groups in total. The van der Waals surface area contributed by atoms with Gasteiger partial charge in [0.2, 0.25) is 0 Å². The van der Waals surface area contributed by atoms with Crippen molar-refractivity contribution < 1.29 is 34.4 Å². The number of carbonyl (C=O) groups excluding carboxylic acids is 2. The highest BCUT2D eigenvalue weighted by atomic mass is 16.6. The number of esters is 2. The molecule has 0 bridgehead atoms. The fourth-order valence-corrected chi connectivity index (χ4v) is 3.56. The van der Waals surface area contributed by atoms with Crippen molar-refractivity contribution in [2.75, 3.05) is 0 Å². The number of hydrogen-bond donors (Lipinski definition) is 3. The maximum Gasteiger partial charge on any atom is 0.343 e. The summed E-state index contributed by atoms with van der Waals surface area (Å²) in [6.45, 7) is 6.88. The number of aliphatic hydroxyl groups is 1. The van der Waals surface area contributed by atoms with Crippen molar-refractivity contribution in [1.82, 2.24) is 0 Å². The average Bonchev–Trinajstić information content (AvgIpc) is 3.03. The fourth-order valence-electron chi connectivity index (χ4n) is 3.56. The average molecular weight is 362 g/mol. The first-order chi connectivity index (χ1) is 12.1. The predicted molar refractivity (Wildman–Crippen MR) is 90.9 cm³/mol. The van der Waals surface area contributed by atoms with E-state index in [9.17, 15) is 24.9 Å². The monoisotopic (exact) mass is 362 g/mol. The molecule has 2 aliphatic heterocycles. The van der Waals surface area contributed by atoms with Gasteiger partial charge in [-0.05, 0) is 34.1 Å². The van der Waals surface area contributed by atoms with Gasteiger partial charge in [0.25, 0.3) is 0 Å². The van der Waals surface area contributed by atoms with Crippen molar-refractivity contribution in [3.8, 4) is 11.5 Å². The number of cyclic esters (lactones) is 2. The van der Waals surface area contributed by atoms with Gasteiger partial charge in [0.1, 0.15) is 17.1 Å². The molecule has 0 aromatic heterocycles. The second-order valence-corrected chi connectivity index (χ2v) is 7.31. The van der Waals surface area contributed by atoms with Crippen LogP contribution in [0.15, 0.2) is 11.6 Å². The van der Waals surface area contributed by atoms with E-state index in [0.717, 1.165) is 5.57 Å². The smallest absolute Gasteiger partial charge is 0.343 e. The van der Waals surface area contributed by atoms with Crippen LogP contribution < -0.4 is 0 Å². The van der Waals surface area contributed by atoms with E-state index in [4.69, 9.17) is 9.47 Å². The highest BCUT2D eigenvalue weighted by Gasteiger charge is 2.55. The van der Waals surface area contributed by atoms with E-state index in [1.54, 1.807) is 6.92 Å². The number of carbonyl (C=O) groups is 2. The van der Waals surface area contributed by atoms with Crippen molar-refractivity contribution in [3.63, 3.8) is 0 Å². The molecule has 0 spiro atoms. The second kappa shape index (κ2) is 6.02. The lowest BCUT2D eigenvalue weighted by atomic mass is 9.83. The molecule has 1 aromatic rings. The molecule has 3 rings (SSSR count). The number of rotatable bonds is 3. The van der Waals surface area contributed by atoms with Gasteiger partial charge < -0.3 is 24.8 Å². The Kier molecular flexibility index (Phi) is 4.23. The highest BCUT2D eigenvalue weighted by Crippen LogP contribution is 2.52. The first-order valence-electron chi connectivity index (χ1n) is 8.39. The topological polar surface area (TPSA) is 113 Å². The third kappa shape index (κ3) is 2.63. The van der Waals surface area contributed by atoms with Crippen molar-refractivity contribution in [2.24, 2.45) is 0 Å². The van der Waals surface area contributed by atoms with Crippen molar-refractivity contribution in [1.29, 1.82) is 0 Å². The summed E-state index contributed by atoms with van der Waals surface area (Å²) >= 11 is 0. The first-order valence-corrected chi connectivity index (χ1v) is 8.39. The molecular formula is C19H22O7. The molecule has 0 aliphatic carbocycles. The number of allylic oxidation sites excluding steroid dienone is 2. The van der Waals surface area contributed by atoms with E-state index in [0.29, 0.717) is 17.5 Å². The van der Waals surface area contributed by atoms with E-state index < -0.39 is 29.7 Å². The molecule has 7 nitrogen and oxygen atoms in total. The van der Waals surface area contributed by atoms with Crippen LogP contribution in [0.5, 0.6) is 11.5 Å². The van der Waals surface area contributed by atoms with Gasteiger partial charge >= 0.3 is 11.9 Å². The third-order valence-electron chi connectivity index (χ3n) is 4.99. The van der Waals surface area contributed by atoms with Crippen LogP contribution in [-0.2, 0) is 20.7 Å². The van der Waals surface area contributed by atoms with E-state index >= 15 is 0 Å². The van der Waals surface area contributed by atoms with E-state index in [2.05, 4.69) is 0 Å². The van der Waals surface area contributed by atoms with Crippen LogP contribution in [0.4, 0.5) is 0 Å². The van der Waals surface area contributed by atoms with Gasteiger partial charge in [0.05, 0.1) is 0 Å². The SMILES string of the molecule is CC(C)=CCc1c(O)c(C)c(O)c2c1[C@@H]([C@@]1(C)C[C@@H](O)C(=O)O1)OC2=O. The molecule has 2 aliphatic rings. The molecule has 2 heterocycles. The molecule has 3 atom stereocenters. The predicted octanol–water partition coefficient (Wildman–Crippen LogP) is 2.19. The zero-order valence-electron chi connectivity index (χ0n) is 15.1. The third-order valence-corrected chi connectivity index (χ3v) is 4.99. The number of aliphatic hydroxyl groups excluding tert-OH is 1. The number of ether oxygens (including phenoxy) is 2. The normalized spacial score (nSPS) is 27.1. The number of phenolic OH excluding ortho intramolecular Hbond substituents is 2. The van der Waals surface area contributed by atoms with Gasteiger partial charge in [-0.2, -0.15) is 0 Å². The Balaban J connectivity index is 2.21. The van der Waals surface area contributed by atoms with Crippen LogP contribution in [-0.4, -0.2) is 39.0 Å². The van der Waals surface area contributed by atoms with Crippen molar-refractivity contribution in [3.05, 3.63) is 33.9 Å². The quantitative estimate of drug-likeness (QED) is 0.558. The molecule has 0 amide bonds. The Morgan fingerprint density at radius 1 is 1.27 bits per heavy atom.